The van der Waals surface area contributed by atoms with Crippen molar-refractivity contribution in [3.8, 4) is 0 Å². The van der Waals surface area contributed by atoms with E-state index in [2.05, 4.69) is 54.2 Å². The van der Waals surface area contributed by atoms with Crippen molar-refractivity contribution in [2.45, 2.75) is 98.3 Å². The van der Waals surface area contributed by atoms with E-state index in [1.54, 1.807) is 72.8 Å². The number of ether oxygens (including phenoxy) is 1. The lowest BCUT2D eigenvalue weighted by Crippen LogP contribution is -2.41. The molecule has 12 heteroatoms. The van der Waals surface area contributed by atoms with E-state index in [-0.39, 0.29) is 42.6 Å². The Morgan fingerprint density at radius 2 is 1.12 bits per heavy atom. The van der Waals surface area contributed by atoms with Crippen molar-refractivity contribution in [1.82, 2.24) is 4.90 Å². The van der Waals surface area contributed by atoms with Crippen molar-refractivity contribution in [1.29, 1.82) is 0 Å². The molecule has 1 atom stereocenters. The average molecular weight is 1030 g/mol. The predicted molar refractivity (Wildman–Crippen MR) is 280 cm³/mol. The molecule has 0 spiro atoms. The lowest BCUT2D eigenvalue weighted by Gasteiger charge is -2.37. The highest BCUT2D eigenvalue weighted by Gasteiger charge is 2.12. The summed E-state index contributed by atoms with van der Waals surface area (Å²) >= 11 is 3.42. The van der Waals surface area contributed by atoms with Gasteiger partial charge in [-0.1, -0.05) is 156 Å². The molecule has 4 aromatic rings. The van der Waals surface area contributed by atoms with Crippen LogP contribution in [0.5, 0.6) is 0 Å². The number of aliphatic imine (C=N–C) groups is 1. The minimum atomic E-state index is -0.498. The van der Waals surface area contributed by atoms with Gasteiger partial charge in [0.25, 0.3) is 0 Å². The Morgan fingerprint density at radius 1 is 0.692 bits per heavy atom. The minimum absolute atomic E-state index is 0. The van der Waals surface area contributed by atoms with Crippen LogP contribution in [0.3, 0.4) is 0 Å². The zero-order valence-corrected chi connectivity index (χ0v) is 42.2. The van der Waals surface area contributed by atoms with E-state index in [0.717, 1.165) is 19.5 Å². The lowest BCUT2D eigenvalue weighted by atomic mass is 10.0. The van der Waals surface area contributed by atoms with Crippen molar-refractivity contribution >= 4 is 68.0 Å². The highest BCUT2D eigenvalue weighted by atomic mass is 79.9. The number of alkyl halides is 1. The summed E-state index contributed by atoms with van der Waals surface area (Å²) in [7, 11) is 10.1. The van der Waals surface area contributed by atoms with Crippen LogP contribution in [0.1, 0.15) is 130 Å². The van der Waals surface area contributed by atoms with Gasteiger partial charge in [-0.15, -0.1) is 24.0 Å². The molecule has 0 bridgehead atoms. The fourth-order valence-electron chi connectivity index (χ4n) is 5.93. The quantitative estimate of drug-likeness (QED) is 0.0136. The van der Waals surface area contributed by atoms with Crippen LogP contribution in [0, 0.1) is 7.05 Å². The fourth-order valence-corrected chi connectivity index (χ4v) is 6.33. The molecule has 0 fully saturated rings. The maximum Gasteiger partial charge on any atom is 0.411 e. The second-order valence-electron chi connectivity index (χ2n) is 15.8. The second-order valence-corrected chi connectivity index (χ2v) is 16.6. The number of ketones is 2. The van der Waals surface area contributed by atoms with Crippen molar-refractivity contribution in [3.63, 3.8) is 0 Å². The van der Waals surface area contributed by atoms with Crippen LogP contribution in [-0.4, -0.2) is 97.6 Å². The summed E-state index contributed by atoms with van der Waals surface area (Å²) in [6.07, 6.45) is 16.9. The van der Waals surface area contributed by atoms with E-state index in [0.29, 0.717) is 51.3 Å². The third-order valence-corrected chi connectivity index (χ3v) is 10.3. The summed E-state index contributed by atoms with van der Waals surface area (Å²) < 4.78 is 5.91. The number of hydrogen-bond donors (Lipinski definition) is 2. The lowest BCUT2D eigenvalue weighted by molar-refractivity contribution is -0.866. The second kappa shape index (κ2) is 40.0. The predicted octanol–water partition coefficient (Wildman–Crippen LogP) is 13.4. The summed E-state index contributed by atoms with van der Waals surface area (Å²) in [5.74, 6) is -0.0974. The van der Waals surface area contributed by atoms with Gasteiger partial charge in [-0.25, -0.2) is 9.59 Å². The molecule has 0 aliphatic rings. The molecule has 0 radical (unpaired) electrons. The normalized spacial score (nSPS) is 10.8. The van der Waals surface area contributed by atoms with Gasteiger partial charge in [0.15, 0.2) is 11.6 Å². The first kappa shape index (κ1) is 62.8. The average Bonchev–Trinajstić information content (AvgIpc) is 3.29. The number of anilines is 1. The Balaban J connectivity index is 0. The number of likely N-dealkylation sites (N-methyl/N-ethyl adjacent to an activating group) is 2. The van der Waals surface area contributed by atoms with Crippen molar-refractivity contribution < 1.29 is 33.5 Å². The van der Waals surface area contributed by atoms with Crippen molar-refractivity contribution in [2.24, 2.45) is 4.99 Å². The maximum atomic E-state index is 12.4. The smallest absolute Gasteiger partial charge is 0.411 e. The zero-order valence-electron chi connectivity index (χ0n) is 38.9. The monoisotopic (exact) mass is 1020 g/mol. The number of nitrogens with zero attached hydrogens (tertiary/aromatic N) is 3. The first-order valence-corrected chi connectivity index (χ1v) is 23.4. The van der Waals surface area contributed by atoms with Gasteiger partial charge in [0.05, 0.1) is 25.4 Å². The number of unbranched alkanes of at least 4 members (excludes halogenated alkanes) is 10. The van der Waals surface area contributed by atoms with Crippen LogP contribution < -0.4 is 5.32 Å². The van der Waals surface area contributed by atoms with Gasteiger partial charge in [0.1, 0.15) is 6.61 Å². The standard InChI is InChI=1S/C26H36N2O3.C14H9NO2.C8H17Br.C4H11NO.CH4.BrH/c1-4-5-6-7-8-12-19-28(2,3)20-21-31-26(30)27-24-17-15-23(16-18-24)25(29)22-13-10-9-11-14-22;16-10-15-13-8-6-12(7-9-13)14(17)11-4-2-1-3-5-11;1-2-3-4-5-6-7-8-9;1-5(2)3-4-6;;/h9-11,13-18H,2,4-8,12,19-21H2,1,3H3,(H,27,30);1-9H;2-8H2,1H3;6H,3-4H2,1-2H3;1H4;1H. The molecule has 360 valence electrons. The number of carbonyl (C=O) groups is 3. The third kappa shape index (κ3) is 31.3. The van der Waals surface area contributed by atoms with Gasteiger partial charge >= 0.3 is 6.09 Å². The highest BCUT2D eigenvalue weighted by molar-refractivity contribution is 9.09. The van der Waals surface area contributed by atoms with Crippen LogP contribution in [0.15, 0.2) is 114 Å². The Hall–Kier alpha value is -4.29. The van der Waals surface area contributed by atoms with E-state index in [4.69, 9.17) is 9.84 Å². The number of aliphatic hydroxyl groups excluding tert-OH is 1. The van der Waals surface area contributed by atoms with Crippen LogP contribution in [0.25, 0.3) is 0 Å². The Labute approximate surface area is 410 Å². The van der Waals surface area contributed by atoms with Gasteiger partial charge in [-0.2, -0.15) is 4.99 Å². The number of quaternary nitrogens is 1. The molecule has 4 aromatic carbocycles. The number of aliphatic hydroxyl groups is 1. The summed E-state index contributed by atoms with van der Waals surface area (Å²) in [6, 6.07) is 31.5. The Kier molecular flexibility index (Phi) is 38.7. The molecule has 0 aliphatic heterocycles. The molecule has 0 heterocycles. The number of benzene rings is 4. The first-order chi connectivity index (χ1) is 30.4. The van der Waals surface area contributed by atoms with E-state index in [1.807, 2.05) is 55.4 Å². The van der Waals surface area contributed by atoms with E-state index in [9.17, 15) is 19.2 Å². The summed E-state index contributed by atoms with van der Waals surface area (Å²) in [6.45, 7) is 7.46. The SMILES string of the molecule is Br.C.CCCCCCCCBr.CN(C)CCO.O=C=Nc1ccc(C(=O)c2ccccc2)cc1.[CH2-][N+](C)(CCCCCCCC)CCOC(=O)Nc1ccc(C(=O)c2ccccc2)cc1. The molecule has 10 nitrogen and oxygen atoms in total. The summed E-state index contributed by atoms with van der Waals surface area (Å²) in [4.78, 5) is 52.0. The Morgan fingerprint density at radius 3 is 1.54 bits per heavy atom. The molecule has 0 saturated carbocycles. The topological polar surface area (TPSA) is 125 Å². The molecular weight excluding hydrogens is 948 g/mol. The molecule has 0 aromatic heterocycles. The summed E-state index contributed by atoms with van der Waals surface area (Å²) in [5.41, 5.74) is 3.50. The number of halogens is 2. The van der Waals surface area contributed by atoms with E-state index < -0.39 is 6.09 Å². The molecular formula is C53H78Br2N4O6. The van der Waals surface area contributed by atoms with Crippen molar-refractivity contribution in [3.05, 3.63) is 138 Å². The fraction of sp³-hybridized carbons (Fsp3) is 0.453. The number of nitrogens with one attached hydrogen (secondary N) is 1. The Bertz CT molecular complexity index is 1830. The van der Waals surface area contributed by atoms with Crippen LogP contribution in [-0.2, 0) is 9.53 Å². The molecule has 2 N–H and O–H groups in total. The van der Waals surface area contributed by atoms with Gasteiger partial charge in [-0.05, 0) is 81.9 Å². The molecule has 1 amide bonds. The number of hydrogen-bond acceptors (Lipinski definition) is 8. The number of isocyanates is 1. The molecule has 0 aliphatic carbocycles. The van der Waals surface area contributed by atoms with Crippen LogP contribution in [0.4, 0.5) is 16.2 Å². The molecule has 65 heavy (non-hydrogen) atoms. The minimum Gasteiger partial charge on any atom is -0.456 e. The molecule has 1 unspecified atom stereocenters. The van der Waals surface area contributed by atoms with Crippen molar-refractivity contribution in [2.75, 3.05) is 64.6 Å². The summed E-state index contributed by atoms with van der Waals surface area (Å²) in [5, 5.41) is 12.1. The molecule has 0 saturated heterocycles. The van der Waals surface area contributed by atoms with Gasteiger partial charge in [0.2, 0.25) is 6.08 Å². The highest BCUT2D eigenvalue weighted by Crippen LogP contribution is 2.17. The van der Waals surface area contributed by atoms with Gasteiger partial charge in [-0.3, -0.25) is 14.9 Å². The van der Waals surface area contributed by atoms with Gasteiger partial charge in [0, 0.05) is 46.9 Å². The zero-order chi connectivity index (χ0) is 46.6. The van der Waals surface area contributed by atoms with Crippen LogP contribution in [0.2, 0.25) is 0 Å². The molecule has 4 rings (SSSR count). The third-order valence-electron chi connectivity index (χ3n) is 9.72. The number of rotatable bonds is 24. The van der Waals surface area contributed by atoms with Crippen LogP contribution >= 0.6 is 32.9 Å². The van der Waals surface area contributed by atoms with E-state index in [1.165, 1.54) is 82.0 Å². The van der Waals surface area contributed by atoms with Gasteiger partial charge < -0.3 is 19.2 Å². The maximum absolute atomic E-state index is 12.4. The van der Waals surface area contributed by atoms with E-state index >= 15 is 0 Å². The number of amides is 1. The first-order valence-electron chi connectivity index (χ1n) is 22.3. The largest absolute Gasteiger partial charge is 0.456 e. The number of carbonyl (C=O) groups excluding carboxylic acids is 4.